The zero-order valence-corrected chi connectivity index (χ0v) is 15.7. The van der Waals surface area contributed by atoms with E-state index in [4.69, 9.17) is 14.2 Å². The average Bonchev–Trinajstić information content (AvgIpc) is 3.12. The van der Waals surface area contributed by atoms with Gasteiger partial charge < -0.3 is 9.26 Å². The first-order valence-corrected chi connectivity index (χ1v) is 9.54. The summed E-state index contributed by atoms with van der Waals surface area (Å²) in [4.78, 5) is 22.1. The van der Waals surface area contributed by atoms with Gasteiger partial charge in [0.05, 0.1) is 11.1 Å². The Hall–Kier alpha value is -2.76. The van der Waals surface area contributed by atoms with Crippen LogP contribution in [-0.4, -0.2) is 21.1 Å². The molecule has 1 aliphatic rings. The van der Waals surface area contributed by atoms with E-state index >= 15 is 0 Å². The van der Waals surface area contributed by atoms with Crippen LogP contribution < -0.4 is 0 Å². The van der Waals surface area contributed by atoms with Gasteiger partial charge in [-0.25, -0.2) is 4.79 Å². The molecule has 0 amide bonds. The molecule has 0 fully saturated rings. The molecular formula is C21H23N3O3. The molecule has 0 spiro atoms. The van der Waals surface area contributed by atoms with Crippen LogP contribution in [0.3, 0.4) is 0 Å². The summed E-state index contributed by atoms with van der Waals surface area (Å²) < 4.78 is 10.7. The number of hydrogen-bond acceptors (Lipinski definition) is 6. The van der Waals surface area contributed by atoms with Crippen molar-refractivity contribution in [2.45, 2.75) is 52.6 Å². The van der Waals surface area contributed by atoms with E-state index in [1.54, 1.807) is 0 Å². The number of para-hydroxylation sites is 1. The second kappa shape index (κ2) is 7.47. The van der Waals surface area contributed by atoms with E-state index in [1.165, 1.54) is 0 Å². The third kappa shape index (κ3) is 3.56. The summed E-state index contributed by atoms with van der Waals surface area (Å²) in [7, 11) is 0. The number of hydrogen-bond donors (Lipinski definition) is 0. The van der Waals surface area contributed by atoms with Gasteiger partial charge in [0.25, 0.3) is 5.89 Å². The number of rotatable bonds is 5. The van der Waals surface area contributed by atoms with Crippen molar-refractivity contribution in [1.29, 1.82) is 0 Å². The Morgan fingerprint density at radius 3 is 3.00 bits per heavy atom. The highest BCUT2D eigenvalue weighted by Gasteiger charge is 2.26. The van der Waals surface area contributed by atoms with Crippen molar-refractivity contribution in [2.24, 2.45) is 5.92 Å². The van der Waals surface area contributed by atoms with Crippen molar-refractivity contribution in [3.05, 3.63) is 52.8 Å². The third-order valence-corrected chi connectivity index (χ3v) is 5.02. The standard InChI is InChI=1S/C21H23N3O3/c1-3-6-18-23-19(27-24-18)12-26-21(25)20-14-7-4-5-8-16(14)22-17-10-9-13(2)11-15(17)20/h4-5,7-8,13H,3,6,9-12H2,1-2H3. The Balaban J connectivity index is 1.64. The highest BCUT2D eigenvalue weighted by molar-refractivity contribution is 6.05. The highest BCUT2D eigenvalue weighted by Crippen LogP contribution is 2.32. The molecule has 2 heterocycles. The molecule has 1 aromatic carbocycles. The number of fused-ring (bicyclic) bond motifs is 2. The molecule has 0 aliphatic heterocycles. The number of nitrogens with zero attached hydrogens (tertiary/aromatic N) is 3. The third-order valence-electron chi connectivity index (χ3n) is 5.02. The lowest BCUT2D eigenvalue weighted by Gasteiger charge is -2.24. The van der Waals surface area contributed by atoms with E-state index < -0.39 is 0 Å². The number of carbonyl (C=O) groups excluding carboxylic acids is 1. The van der Waals surface area contributed by atoms with Crippen molar-refractivity contribution >= 4 is 16.9 Å². The highest BCUT2D eigenvalue weighted by atomic mass is 16.6. The van der Waals surface area contributed by atoms with E-state index in [9.17, 15) is 4.79 Å². The number of carbonyl (C=O) groups is 1. The monoisotopic (exact) mass is 365 g/mol. The molecule has 6 nitrogen and oxygen atoms in total. The van der Waals surface area contributed by atoms with Crippen molar-refractivity contribution in [3.63, 3.8) is 0 Å². The molecule has 140 valence electrons. The minimum atomic E-state index is -0.353. The molecule has 0 saturated carbocycles. The Kier molecular flexibility index (Phi) is 4.88. The zero-order valence-electron chi connectivity index (χ0n) is 15.7. The quantitative estimate of drug-likeness (QED) is 0.635. The fourth-order valence-corrected chi connectivity index (χ4v) is 3.67. The van der Waals surface area contributed by atoms with Crippen LogP contribution in [0.2, 0.25) is 0 Å². The minimum Gasteiger partial charge on any atom is -0.452 e. The van der Waals surface area contributed by atoms with E-state index in [0.717, 1.165) is 54.3 Å². The van der Waals surface area contributed by atoms with Gasteiger partial charge in [0.2, 0.25) is 0 Å². The van der Waals surface area contributed by atoms with E-state index in [0.29, 0.717) is 23.2 Å². The van der Waals surface area contributed by atoms with Crippen LogP contribution in [0.1, 0.15) is 60.0 Å². The van der Waals surface area contributed by atoms with Crippen molar-refractivity contribution in [2.75, 3.05) is 0 Å². The fourth-order valence-electron chi connectivity index (χ4n) is 3.67. The largest absolute Gasteiger partial charge is 0.452 e. The summed E-state index contributed by atoms with van der Waals surface area (Å²) in [5.41, 5.74) is 3.51. The number of esters is 1. The summed E-state index contributed by atoms with van der Waals surface area (Å²) in [6, 6.07) is 7.74. The van der Waals surface area contributed by atoms with Gasteiger partial charge in [-0.15, -0.1) is 0 Å². The first kappa shape index (κ1) is 17.6. The van der Waals surface area contributed by atoms with Crippen molar-refractivity contribution in [3.8, 4) is 0 Å². The Labute approximate surface area is 157 Å². The molecule has 1 atom stereocenters. The second-order valence-electron chi connectivity index (χ2n) is 7.21. The normalized spacial score (nSPS) is 16.3. The van der Waals surface area contributed by atoms with Crippen LogP contribution in [0.5, 0.6) is 0 Å². The van der Waals surface area contributed by atoms with Crippen LogP contribution >= 0.6 is 0 Å². The lowest BCUT2D eigenvalue weighted by molar-refractivity contribution is 0.0430. The molecule has 2 aromatic heterocycles. The summed E-state index contributed by atoms with van der Waals surface area (Å²) in [6.45, 7) is 4.24. The van der Waals surface area contributed by atoms with Crippen LogP contribution in [-0.2, 0) is 30.6 Å². The molecule has 4 rings (SSSR count). The van der Waals surface area contributed by atoms with Gasteiger partial charge in [0.1, 0.15) is 0 Å². The van der Waals surface area contributed by atoms with Crippen LogP contribution in [0.4, 0.5) is 0 Å². The molecule has 0 N–H and O–H groups in total. The smallest absolute Gasteiger partial charge is 0.339 e. The molecular weight excluding hydrogens is 342 g/mol. The Morgan fingerprint density at radius 1 is 1.30 bits per heavy atom. The number of aromatic nitrogens is 3. The van der Waals surface area contributed by atoms with Gasteiger partial charge in [-0.2, -0.15) is 4.98 Å². The lowest BCUT2D eigenvalue weighted by atomic mass is 9.84. The molecule has 0 bridgehead atoms. The zero-order chi connectivity index (χ0) is 18.8. The predicted molar refractivity (Wildman–Crippen MR) is 100 cm³/mol. The maximum atomic E-state index is 13.0. The predicted octanol–water partition coefficient (Wildman–Crippen LogP) is 4.05. The molecule has 1 unspecified atom stereocenters. The SMILES string of the molecule is CCCc1noc(COC(=O)c2c3c(nc4ccccc24)CCC(C)C3)n1. The van der Waals surface area contributed by atoms with Gasteiger partial charge in [-0.3, -0.25) is 4.98 Å². The summed E-state index contributed by atoms with van der Waals surface area (Å²) in [5, 5.41) is 4.74. The lowest BCUT2D eigenvalue weighted by Crippen LogP contribution is -2.19. The van der Waals surface area contributed by atoms with Gasteiger partial charge in [0, 0.05) is 17.5 Å². The van der Waals surface area contributed by atoms with Gasteiger partial charge in [-0.05, 0) is 43.2 Å². The number of ether oxygens (including phenoxy) is 1. The Morgan fingerprint density at radius 2 is 2.15 bits per heavy atom. The molecule has 0 radical (unpaired) electrons. The summed E-state index contributed by atoms with van der Waals surface area (Å²) in [5.74, 6) is 1.14. The van der Waals surface area contributed by atoms with Crippen LogP contribution in [0.15, 0.2) is 28.8 Å². The second-order valence-corrected chi connectivity index (χ2v) is 7.21. The van der Waals surface area contributed by atoms with E-state index in [1.807, 2.05) is 24.3 Å². The number of pyridine rings is 1. The molecule has 6 heteroatoms. The van der Waals surface area contributed by atoms with Crippen molar-refractivity contribution < 1.29 is 14.1 Å². The van der Waals surface area contributed by atoms with Gasteiger partial charge >= 0.3 is 5.97 Å². The number of benzene rings is 1. The molecule has 3 aromatic rings. The summed E-state index contributed by atoms with van der Waals surface area (Å²) in [6.07, 6.45) is 4.52. The minimum absolute atomic E-state index is 0.0173. The average molecular weight is 365 g/mol. The first-order valence-electron chi connectivity index (χ1n) is 9.54. The maximum absolute atomic E-state index is 13.0. The fraction of sp³-hybridized carbons (Fsp3) is 0.429. The van der Waals surface area contributed by atoms with E-state index in [-0.39, 0.29) is 12.6 Å². The topological polar surface area (TPSA) is 78.1 Å². The van der Waals surface area contributed by atoms with Gasteiger partial charge in [-0.1, -0.05) is 37.2 Å². The Bertz CT molecular complexity index is 980. The molecule has 27 heavy (non-hydrogen) atoms. The maximum Gasteiger partial charge on any atom is 0.339 e. The molecule has 0 saturated heterocycles. The van der Waals surface area contributed by atoms with E-state index in [2.05, 4.69) is 24.0 Å². The van der Waals surface area contributed by atoms with Crippen molar-refractivity contribution in [1.82, 2.24) is 15.1 Å². The van der Waals surface area contributed by atoms with Crippen LogP contribution in [0, 0.1) is 5.92 Å². The first-order chi connectivity index (χ1) is 13.2. The van der Waals surface area contributed by atoms with Crippen LogP contribution in [0.25, 0.3) is 10.9 Å². The number of aryl methyl sites for hydroxylation is 2. The summed E-state index contributed by atoms with van der Waals surface area (Å²) >= 11 is 0. The molecule has 1 aliphatic carbocycles. The van der Waals surface area contributed by atoms with Gasteiger partial charge in [0.15, 0.2) is 12.4 Å².